The third kappa shape index (κ3) is 3.08. The summed E-state index contributed by atoms with van der Waals surface area (Å²) in [4.78, 5) is 13.0. The molecule has 0 radical (unpaired) electrons. The molecule has 2 aromatic rings. The Morgan fingerprint density at radius 1 is 1.33 bits per heavy atom. The summed E-state index contributed by atoms with van der Waals surface area (Å²) in [6.07, 6.45) is 8.33. The van der Waals surface area contributed by atoms with Gasteiger partial charge in [0, 0.05) is 48.9 Å². The van der Waals surface area contributed by atoms with Crippen LogP contribution < -0.4 is 16.8 Å². The Balaban J connectivity index is 1.41. The Kier molecular flexibility index (Phi) is 3.68. The van der Waals surface area contributed by atoms with Gasteiger partial charge in [0.2, 0.25) is 5.95 Å². The Bertz CT molecular complexity index is 728. The van der Waals surface area contributed by atoms with E-state index in [0.29, 0.717) is 23.3 Å². The fraction of sp³-hybridized carbons (Fsp3) is 0.588. The van der Waals surface area contributed by atoms with Crippen LogP contribution in [0.2, 0.25) is 0 Å². The maximum absolute atomic E-state index is 5.89. The van der Waals surface area contributed by atoms with Crippen molar-refractivity contribution in [3.8, 4) is 0 Å². The third-order valence-corrected chi connectivity index (χ3v) is 5.39. The topological polar surface area (TPSA) is 108 Å². The molecule has 0 amide bonds. The summed E-state index contributed by atoms with van der Waals surface area (Å²) in [6, 6.07) is 2.33. The second-order valence-corrected chi connectivity index (χ2v) is 7.42. The Morgan fingerprint density at radius 2 is 2.12 bits per heavy atom. The molecular formula is C17H25N7. The Morgan fingerprint density at radius 3 is 2.75 bits per heavy atom. The molecule has 0 bridgehead atoms. The number of imidazole rings is 1. The van der Waals surface area contributed by atoms with Crippen LogP contribution in [0.4, 0.5) is 11.8 Å². The van der Waals surface area contributed by atoms with Gasteiger partial charge in [0.25, 0.3) is 0 Å². The first kappa shape index (κ1) is 15.4. The number of anilines is 2. The van der Waals surface area contributed by atoms with E-state index in [1.54, 1.807) is 0 Å². The van der Waals surface area contributed by atoms with Gasteiger partial charge >= 0.3 is 0 Å². The molecule has 0 atom stereocenters. The van der Waals surface area contributed by atoms with E-state index in [9.17, 15) is 0 Å². The molecule has 2 aliphatic carbocycles. The first-order valence-electron chi connectivity index (χ1n) is 8.65. The van der Waals surface area contributed by atoms with E-state index in [2.05, 4.69) is 31.0 Å². The zero-order valence-corrected chi connectivity index (χ0v) is 14.1. The van der Waals surface area contributed by atoms with Crippen molar-refractivity contribution in [1.82, 2.24) is 19.5 Å². The summed E-state index contributed by atoms with van der Waals surface area (Å²) in [7, 11) is 0. The van der Waals surface area contributed by atoms with Gasteiger partial charge in [-0.15, -0.1) is 0 Å². The van der Waals surface area contributed by atoms with E-state index in [1.807, 2.05) is 19.2 Å². The van der Waals surface area contributed by atoms with Crippen LogP contribution in [0.3, 0.4) is 0 Å². The molecule has 0 saturated heterocycles. The van der Waals surface area contributed by atoms with Crippen molar-refractivity contribution in [3.63, 3.8) is 0 Å². The standard InChI is InChI=1S/C17H25N7/c1-11-20-4-5-24(11)10-17(2-3-17)9-21-15-8-14(22-16(19)23-15)12-6-13(18)7-12/h4-5,8,12-13H,2-3,6-7,9-10,18H2,1H3,(H3,19,21,22,23). The van der Waals surface area contributed by atoms with Crippen molar-refractivity contribution in [3.05, 3.63) is 30.0 Å². The predicted octanol–water partition coefficient (Wildman–Crippen LogP) is 1.66. The number of rotatable bonds is 6. The molecular weight excluding hydrogens is 302 g/mol. The number of nitrogens with two attached hydrogens (primary N) is 2. The summed E-state index contributed by atoms with van der Waals surface area (Å²) in [5.74, 6) is 2.66. The molecule has 5 N–H and O–H groups in total. The van der Waals surface area contributed by atoms with Crippen LogP contribution in [0.5, 0.6) is 0 Å². The fourth-order valence-electron chi connectivity index (χ4n) is 3.47. The van der Waals surface area contributed by atoms with Gasteiger partial charge in [0.15, 0.2) is 0 Å². The highest BCUT2D eigenvalue weighted by Crippen LogP contribution is 2.47. The highest BCUT2D eigenvalue weighted by molar-refractivity contribution is 5.42. The minimum Gasteiger partial charge on any atom is -0.369 e. The van der Waals surface area contributed by atoms with E-state index in [0.717, 1.165) is 43.3 Å². The van der Waals surface area contributed by atoms with E-state index >= 15 is 0 Å². The van der Waals surface area contributed by atoms with Crippen LogP contribution in [0.25, 0.3) is 0 Å². The van der Waals surface area contributed by atoms with Crippen LogP contribution >= 0.6 is 0 Å². The second kappa shape index (κ2) is 5.73. The first-order chi connectivity index (χ1) is 11.5. The molecule has 0 unspecified atom stereocenters. The molecule has 24 heavy (non-hydrogen) atoms. The van der Waals surface area contributed by atoms with Gasteiger partial charge in [-0.25, -0.2) is 9.97 Å². The van der Waals surface area contributed by atoms with E-state index < -0.39 is 0 Å². The molecule has 128 valence electrons. The Hall–Kier alpha value is -2.15. The molecule has 2 saturated carbocycles. The number of nitrogens with one attached hydrogen (secondary N) is 1. The molecule has 7 nitrogen and oxygen atoms in total. The van der Waals surface area contributed by atoms with Crippen molar-refractivity contribution in [2.45, 2.75) is 51.1 Å². The molecule has 2 heterocycles. The Labute approximate surface area is 141 Å². The number of aryl methyl sites for hydroxylation is 1. The smallest absolute Gasteiger partial charge is 0.222 e. The second-order valence-electron chi connectivity index (χ2n) is 7.42. The summed E-state index contributed by atoms with van der Waals surface area (Å²) < 4.78 is 2.23. The molecule has 0 aliphatic heterocycles. The molecule has 2 aliphatic rings. The largest absolute Gasteiger partial charge is 0.369 e. The highest BCUT2D eigenvalue weighted by atomic mass is 15.1. The fourth-order valence-corrected chi connectivity index (χ4v) is 3.47. The van der Waals surface area contributed by atoms with Gasteiger partial charge in [-0.05, 0) is 32.6 Å². The van der Waals surface area contributed by atoms with Gasteiger partial charge in [-0.1, -0.05) is 0 Å². The molecule has 4 rings (SSSR count). The number of aromatic nitrogens is 4. The lowest BCUT2D eigenvalue weighted by atomic mass is 9.78. The van der Waals surface area contributed by atoms with Gasteiger partial charge in [-0.2, -0.15) is 4.98 Å². The molecule has 0 spiro atoms. The maximum Gasteiger partial charge on any atom is 0.222 e. The summed E-state index contributed by atoms with van der Waals surface area (Å²) in [5.41, 5.74) is 13.1. The lowest BCUT2D eigenvalue weighted by molar-refractivity contribution is 0.345. The third-order valence-electron chi connectivity index (χ3n) is 5.39. The summed E-state index contributed by atoms with van der Waals surface area (Å²) in [6.45, 7) is 3.94. The van der Waals surface area contributed by atoms with Crippen molar-refractivity contribution < 1.29 is 0 Å². The number of hydrogen-bond donors (Lipinski definition) is 3. The number of hydrogen-bond acceptors (Lipinski definition) is 6. The minimum atomic E-state index is 0.296. The van der Waals surface area contributed by atoms with Crippen molar-refractivity contribution in [2.75, 3.05) is 17.6 Å². The van der Waals surface area contributed by atoms with Crippen LogP contribution in [0.15, 0.2) is 18.5 Å². The monoisotopic (exact) mass is 327 g/mol. The average molecular weight is 327 g/mol. The maximum atomic E-state index is 5.89. The van der Waals surface area contributed by atoms with Crippen LogP contribution in [-0.4, -0.2) is 32.1 Å². The normalized spacial score (nSPS) is 24.4. The van der Waals surface area contributed by atoms with Crippen LogP contribution in [-0.2, 0) is 6.54 Å². The lowest BCUT2D eigenvalue weighted by Gasteiger charge is -2.32. The van der Waals surface area contributed by atoms with E-state index in [-0.39, 0.29) is 0 Å². The number of nitrogen functional groups attached to an aromatic ring is 1. The number of nitrogens with zero attached hydrogens (tertiary/aromatic N) is 4. The quantitative estimate of drug-likeness (QED) is 0.745. The van der Waals surface area contributed by atoms with Crippen LogP contribution in [0, 0.1) is 12.3 Å². The molecule has 2 fully saturated rings. The molecule has 2 aromatic heterocycles. The highest BCUT2D eigenvalue weighted by Gasteiger charge is 2.43. The van der Waals surface area contributed by atoms with E-state index in [4.69, 9.17) is 11.5 Å². The zero-order chi connectivity index (χ0) is 16.7. The molecule has 7 heteroatoms. The SMILES string of the molecule is Cc1nccn1CC1(CNc2cc(C3CC(N)C3)nc(N)n2)CC1. The summed E-state index contributed by atoms with van der Waals surface area (Å²) >= 11 is 0. The first-order valence-corrected chi connectivity index (χ1v) is 8.65. The van der Waals surface area contributed by atoms with Gasteiger partial charge in [0.1, 0.15) is 11.6 Å². The minimum absolute atomic E-state index is 0.296. The van der Waals surface area contributed by atoms with Gasteiger partial charge in [0.05, 0.1) is 5.69 Å². The van der Waals surface area contributed by atoms with Crippen molar-refractivity contribution in [1.29, 1.82) is 0 Å². The molecule has 0 aromatic carbocycles. The predicted molar refractivity (Wildman–Crippen MR) is 93.5 cm³/mol. The van der Waals surface area contributed by atoms with E-state index in [1.165, 1.54) is 12.8 Å². The zero-order valence-electron chi connectivity index (χ0n) is 14.1. The van der Waals surface area contributed by atoms with Gasteiger partial charge in [-0.3, -0.25) is 0 Å². The van der Waals surface area contributed by atoms with Crippen LogP contribution in [0.1, 0.15) is 43.1 Å². The average Bonchev–Trinajstić information content (AvgIpc) is 3.17. The lowest BCUT2D eigenvalue weighted by Crippen LogP contribution is -2.35. The summed E-state index contributed by atoms with van der Waals surface area (Å²) in [5, 5.41) is 3.48. The van der Waals surface area contributed by atoms with Crippen molar-refractivity contribution >= 4 is 11.8 Å². The van der Waals surface area contributed by atoms with Crippen molar-refractivity contribution in [2.24, 2.45) is 11.1 Å². The van der Waals surface area contributed by atoms with Gasteiger partial charge < -0.3 is 21.4 Å².